The van der Waals surface area contributed by atoms with Crippen LogP contribution in [-0.4, -0.2) is 20.0 Å². The Morgan fingerprint density at radius 2 is 1.90 bits per heavy atom. The van der Waals surface area contributed by atoms with Crippen molar-refractivity contribution >= 4 is 22.4 Å². The van der Waals surface area contributed by atoms with E-state index in [0.29, 0.717) is 5.13 Å². The lowest BCUT2D eigenvalue weighted by Crippen LogP contribution is -2.43. The summed E-state index contributed by atoms with van der Waals surface area (Å²) in [5, 5.41) is 14.0. The van der Waals surface area contributed by atoms with Crippen LogP contribution in [0.15, 0.2) is 33.3 Å². The number of hydrogen-bond donors (Lipinski definition) is 1. The lowest BCUT2D eigenvalue weighted by atomic mass is 9.99. The molecule has 0 fully saturated rings. The minimum atomic E-state index is -0.784. The predicted octanol–water partition coefficient (Wildman–Crippen LogP) is 2.59. The first-order chi connectivity index (χ1) is 14.2. The van der Waals surface area contributed by atoms with E-state index in [1.807, 2.05) is 19.2 Å². The molecule has 2 aromatic heterocycles. The van der Waals surface area contributed by atoms with Gasteiger partial charge in [0.25, 0.3) is 5.56 Å². The van der Waals surface area contributed by atoms with E-state index in [1.165, 1.54) is 27.7 Å². The van der Waals surface area contributed by atoms with Gasteiger partial charge in [-0.2, -0.15) is 5.26 Å². The number of nitriles is 1. The lowest BCUT2D eigenvalue weighted by molar-refractivity contribution is -0.116. The largest absolute Gasteiger partial charge is 0.331 e. The van der Waals surface area contributed by atoms with Crippen molar-refractivity contribution in [1.29, 1.82) is 5.26 Å². The highest BCUT2D eigenvalue weighted by molar-refractivity contribution is 7.14. The number of aryl methyl sites for hydroxylation is 4. The minimum Gasteiger partial charge on any atom is -0.300 e. The first kappa shape index (κ1) is 21.2. The van der Waals surface area contributed by atoms with E-state index < -0.39 is 23.7 Å². The molecule has 3 rings (SSSR count). The van der Waals surface area contributed by atoms with E-state index in [9.17, 15) is 14.4 Å². The molecule has 2 heterocycles. The molecular formula is C21H21N5O3S. The fourth-order valence-electron chi connectivity index (χ4n) is 3.09. The molecule has 0 atom stereocenters. The van der Waals surface area contributed by atoms with E-state index in [4.69, 9.17) is 5.26 Å². The van der Waals surface area contributed by atoms with E-state index in [2.05, 4.69) is 29.4 Å². The number of benzene rings is 1. The highest BCUT2D eigenvalue weighted by atomic mass is 32.1. The molecule has 30 heavy (non-hydrogen) atoms. The van der Waals surface area contributed by atoms with Crippen molar-refractivity contribution in [2.75, 3.05) is 5.32 Å². The Bertz CT molecular complexity index is 1290. The van der Waals surface area contributed by atoms with Crippen molar-refractivity contribution < 1.29 is 4.79 Å². The molecule has 1 aromatic carbocycles. The average Bonchev–Trinajstić information content (AvgIpc) is 3.16. The van der Waals surface area contributed by atoms with Crippen LogP contribution in [0.1, 0.15) is 29.2 Å². The van der Waals surface area contributed by atoms with Gasteiger partial charge in [-0.3, -0.25) is 14.2 Å². The molecule has 0 aliphatic carbocycles. The van der Waals surface area contributed by atoms with Crippen LogP contribution < -0.4 is 16.6 Å². The molecule has 1 amide bonds. The predicted molar refractivity (Wildman–Crippen MR) is 116 cm³/mol. The number of hydrogen-bond acceptors (Lipinski definition) is 6. The number of carbonyl (C=O) groups is 1. The highest BCUT2D eigenvalue weighted by Gasteiger charge is 2.16. The van der Waals surface area contributed by atoms with Gasteiger partial charge in [0.1, 0.15) is 18.2 Å². The standard InChI is InChI=1S/C21H21N5O3S/c1-5-25-9-15(8-22)19(28)26(21(25)29)10-18(27)24-20-23-17(11-30-20)16-7-13(3)12(2)6-14(16)4/h6-7,9,11H,5,10H2,1-4H3,(H,23,24,27). The second kappa shape index (κ2) is 8.47. The number of thiazole rings is 1. The molecule has 9 heteroatoms. The summed E-state index contributed by atoms with van der Waals surface area (Å²) in [6, 6.07) is 5.91. The zero-order valence-electron chi connectivity index (χ0n) is 17.1. The second-order valence-corrected chi connectivity index (χ2v) is 7.81. The van der Waals surface area contributed by atoms with Crippen LogP contribution in [0, 0.1) is 32.1 Å². The molecule has 0 bridgehead atoms. The first-order valence-corrected chi connectivity index (χ1v) is 10.2. The number of amides is 1. The van der Waals surface area contributed by atoms with Crippen LogP contribution >= 0.6 is 11.3 Å². The van der Waals surface area contributed by atoms with Crippen molar-refractivity contribution in [3.63, 3.8) is 0 Å². The molecule has 0 saturated heterocycles. The van der Waals surface area contributed by atoms with E-state index in [0.717, 1.165) is 27.0 Å². The third-order valence-electron chi connectivity index (χ3n) is 4.87. The van der Waals surface area contributed by atoms with Gasteiger partial charge in [-0.05, 0) is 50.5 Å². The van der Waals surface area contributed by atoms with E-state index >= 15 is 0 Å². The summed E-state index contributed by atoms with van der Waals surface area (Å²) < 4.78 is 1.98. The van der Waals surface area contributed by atoms with Gasteiger partial charge < -0.3 is 5.32 Å². The molecule has 154 valence electrons. The SMILES string of the molecule is CCn1cc(C#N)c(=O)n(CC(=O)Nc2nc(-c3cc(C)c(C)cc3C)cs2)c1=O. The summed E-state index contributed by atoms with van der Waals surface area (Å²) in [6.07, 6.45) is 1.21. The topological polar surface area (TPSA) is 110 Å². The molecule has 0 radical (unpaired) electrons. The highest BCUT2D eigenvalue weighted by Crippen LogP contribution is 2.29. The van der Waals surface area contributed by atoms with Crippen molar-refractivity contribution in [3.8, 4) is 17.3 Å². The van der Waals surface area contributed by atoms with Crippen molar-refractivity contribution in [2.24, 2.45) is 0 Å². The van der Waals surface area contributed by atoms with E-state index in [1.54, 1.807) is 13.0 Å². The average molecular weight is 423 g/mol. The summed E-state index contributed by atoms with van der Waals surface area (Å²) in [4.78, 5) is 41.6. The number of anilines is 1. The smallest absolute Gasteiger partial charge is 0.300 e. The fraction of sp³-hybridized carbons (Fsp3) is 0.286. The van der Waals surface area contributed by atoms with Gasteiger partial charge >= 0.3 is 5.69 Å². The zero-order chi connectivity index (χ0) is 22.0. The number of rotatable bonds is 5. The molecule has 0 unspecified atom stereocenters. The molecule has 1 N–H and O–H groups in total. The summed E-state index contributed by atoms with van der Waals surface area (Å²) >= 11 is 1.26. The van der Waals surface area contributed by atoms with Gasteiger partial charge in [0.15, 0.2) is 5.13 Å². The number of nitrogens with zero attached hydrogens (tertiary/aromatic N) is 4. The summed E-state index contributed by atoms with van der Waals surface area (Å²) in [6.45, 7) is 7.58. The number of carbonyl (C=O) groups excluding carboxylic acids is 1. The maximum Gasteiger partial charge on any atom is 0.331 e. The van der Waals surface area contributed by atoms with E-state index in [-0.39, 0.29) is 12.1 Å². The summed E-state index contributed by atoms with van der Waals surface area (Å²) in [5.41, 5.74) is 3.55. The maximum atomic E-state index is 12.5. The minimum absolute atomic E-state index is 0.189. The fourth-order valence-corrected chi connectivity index (χ4v) is 3.82. The molecular weight excluding hydrogens is 402 g/mol. The normalized spacial score (nSPS) is 10.6. The third kappa shape index (κ3) is 4.09. The molecule has 0 spiro atoms. The van der Waals surface area contributed by atoms with Gasteiger partial charge in [0.05, 0.1) is 5.69 Å². The quantitative estimate of drug-likeness (QED) is 0.678. The third-order valence-corrected chi connectivity index (χ3v) is 5.62. The van der Waals surface area contributed by atoms with Crippen molar-refractivity contribution in [2.45, 2.75) is 40.8 Å². The van der Waals surface area contributed by atoms with Crippen molar-refractivity contribution in [1.82, 2.24) is 14.1 Å². The molecule has 3 aromatic rings. The Morgan fingerprint density at radius 1 is 1.20 bits per heavy atom. The first-order valence-electron chi connectivity index (χ1n) is 9.33. The van der Waals surface area contributed by atoms with Crippen LogP contribution in [0.3, 0.4) is 0 Å². The Kier molecular flexibility index (Phi) is 5.99. The van der Waals surface area contributed by atoms with Crippen LogP contribution in [0.4, 0.5) is 5.13 Å². The van der Waals surface area contributed by atoms with Gasteiger partial charge in [0.2, 0.25) is 5.91 Å². The van der Waals surface area contributed by atoms with Crippen LogP contribution in [0.2, 0.25) is 0 Å². The molecule has 8 nitrogen and oxygen atoms in total. The van der Waals surface area contributed by atoms with Gasteiger partial charge in [-0.15, -0.1) is 11.3 Å². The van der Waals surface area contributed by atoms with Crippen LogP contribution in [0.25, 0.3) is 11.3 Å². The van der Waals surface area contributed by atoms with Gasteiger partial charge in [-0.1, -0.05) is 6.07 Å². The zero-order valence-corrected chi connectivity index (χ0v) is 18.0. The van der Waals surface area contributed by atoms with Gasteiger partial charge in [-0.25, -0.2) is 14.3 Å². The lowest BCUT2D eigenvalue weighted by Gasteiger charge is -2.09. The Balaban J connectivity index is 1.84. The second-order valence-electron chi connectivity index (χ2n) is 6.95. The summed E-state index contributed by atoms with van der Waals surface area (Å²) in [7, 11) is 0. The number of nitrogens with one attached hydrogen (secondary N) is 1. The van der Waals surface area contributed by atoms with Crippen molar-refractivity contribution in [3.05, 3.63) is 66.8 Å². The summed E-state index contributed by atoms with van der Waals surface area (Å²) in [5.74, 6) is -0.565. The molecule has 0 aliphatic rings. The monoisotopic (exact) mass is 423 g/mol. The van der Waals surface area contributed by atoms with Gasteiger partial charge in [0, 0.05) is 23.7 Å². The molecule has 0 aliphatic heterocycles. The maximum absolute atomic E-state index is 12.5. The Morgan fingerprint density at radius 3 is 2.57 bits per heavy atom. The van der Waals surface area contributed by atoms with Crippen LogP contribution in [0.5, 0.6) is 0 Å². The molecule has 0 saturated carbocycles. The van der Waals surface area contributed by atoms with Crippen LogP contribution in [-0.2, 0) is 17.9 Å². The Labute approximate surface area is 177 Å². The Hall–Kier alpha value is -3.51. The number of aromatic nitrogens is 3.